The van der Waals surface area contributed by atoms with Crippen LogP contribution >= 0.6 is 0 Å². The van der Waals surface area contributed by atoms with E-state index in [1.54, 1.807) is 0 Å². The van der Waals surface area contributed by atoms with E-state index >= 15 is 0 Å². The number of hydrogen-bond acceptors (Lipinski definition) is 3. The highest BCUT2D eigenvalue weighted by molar-refractivity contribution is 4.91. The third-order valence-corrected chi connectivity index (χ3v) is 3.82. The molecule has 3 heteroatoms. The largest absolute Gasteiger partial charge is 0.374 e. The second kappa shape index (κ2) is 4.81. The van der Waals surface area contributed by atoms with Crippen LogP contribution < -0.4 is 5.73 Å². The molecule has 1 saturated heterocycles. The van der Waals surface area contributed by atoms with E-state index in [0.717, 1.165) is 25.5 Å². The van der Waals surface area contributed by atoms with Crippen LogP contribution in [0, 0.1) is 0 Å². The summed E-state index contributed by atoms with van der Waals surface area (Å²) in [6, 6.07) is 0.889. The first-order valence-electron chi connectivity index (χ1n) is 6.38. The highest BCUT2D eigenvalue weighted by atomic mass is 16.5. The smallest absolute Gasteiger partial charge is 0.0816 e. The van der Waals surface area contributed by atoms with Crippen LogP contribution in [0.1, 0.15) is 39.0 Å². The molecule has 2 fully saturated rings. The van der Waals surface area contributed by atoms with Gasteiger partial charge in [-0.1, -0.05) is 0 Å². The molecule has 1 heterocycles. The lowest BCUT2D eigenvalue weighted by Crippen LogP contribution is -2.41. The van der Waals surface area contributed by atoms with Gasteiger partial charge in [-0.15, -0.1) is 0 Å². The minimum absolute atomic E-state index is 0.0155. The number of ether oxygens (including phenoxy) is 1. The maximum Gasteiger partial charge on any atom is 0.0816 e. The van der Waals surface area contributed by atoms with Crippen molar-refractivity contribution in [3.8, 4) is 0 Å². The highest BCUT2D eigenvalue weighted by Crippen LogP contribution is 2.32. The fraction of sp³-hybridized carbons (Fsp3) is 1.00. The summed E-state index contributed by atoms with van der Waals surface area (Å²) in [7, 11) is 0. The van der Waals surface area contributed by atoms with Crippen molar-refractivity contribution in [2.24, 2.45) is 5.73 Å². The van der Waals surface area contributed by atoms with Crippen molar-refractivity contribution in [3.05, 3.63) is 0 Å². The SMILES string of the molecule is CCOC1(CN)CCCN(C2CC2)CC1. The van der Waals surface area contributed by atoms with Crippen LogP contribution in [0.15, 0.2) is 0 Å². The summed E-state index contributed by atoms with van der Waals surface area (Å²) < 4.78 is 5.90. The average Bonchev–Trinajstić information content (AvgIpc) is 3.04. The van der Waals surface area contributed by atoms with Crippen molar-refractivity contribution in [1.82, 2.24) is 4.90 Å². The van der Waals surface area contributed by atoms with Gasteiger partial charge < -0.3 is 15.4 Å². The monoisotopic (exact) mass is 212 g/mol. The summed E-state index contributed by atoms with van der Waals surface area (Å²) in [5.74, 6) is 0. The minimum atomic E-state index is -0.0155. The molecule has 2 rings (SSSR count). The van der Waals surface area contributed by atoms with Crippen molar-refractivity contribution < 1.29 is 4.74 Å². The van der Waals surface area contributed by atoms with E-state index in [2.05, 4.69) is 11.8 Å². The molecule has 0 aromatic carbocycles. The first-order chi connectivity index (χ1) is 7.29. The summed E-state index contributed by atoms with van der Waals surface area (Å²) >= 11 is 0. The molecule has 0 spiro atoms. The van der Waals surface area contributed by atoms with Crippen LogP contribution in [0.25, 0.3) is 0 Å². The standard InChI is InChI=1S/C12H24N2O/c1-2-15-12(10-13)6-3-8-14(9-7-12)11-4-5-11/h11H,2-10,13H2,1H3. The van der Waals surface area contributed by atoms with Crippen molar-refractivity contribution in [2.45, 2.75) is 50.7 Å². The van der Waals surface area contributed by atoms with Gasteiger partial charge in [0.25, 0.3) is 0 Å². The molecule has 1 aliphatic heterocycles. The van der Waals surface area contributed by atoms with Gasteiger partial charge in [-0.3, -0.25) is 0 Å². The molecule has 88 valence electrons. The number of nitrogens with zero attached hydrogens (tertiary/aromatic N) is 1. The second-order valence-electron chi connectivity index (χ2n) is 4.94. The predicted molar refractivity (Wildman–Crippen MR) is 61.9 cm³/mol. The Balaban J connectivity index is 1.91. The van der Waals surface area contributed by atoms with Gasteiger partial charge in [-0.2, -0.15) is 0 Å². The van der Waals surface area contributed by atoms with Gasteiger partial charge >= 0.3 is 0 Å². The van der Waals surface area contributed by atoms with Gasteiger partial charge in [0.05, 0.1) is 5.60 Å². The predicted octanol–water partition coefficient (Wildman–Crippen LogP) is 1.37. The lowest BCUT2D eigenvalue weighted by Gasteiger charge is -2.31. The molecule has 15 heavy (non-hydrogen) atoms. The number of likely N-dealkylation sites (tertiary alicyclic amines) is 1. The molecule has 0 amide bonds. The van der Waals surface area contributed by atoms with Crippen LogP contribution in [0.3, 0.4) is 0 Å². The Bertz CT molecular complexity index is 206. The Morgan fingerprint density at radius 1 is 1.33 bits per heavy atom. The number of rotatable bonds is 4. The molecule has 0 aromatic heterocycles. The van der Waals surface area contributed by atoms with Gasteiger partial charge in [0, 0.05) is 25.7 Å². The van der Waals surface area contributed by atoms with Crippen molar-refractivity contribution in [3.63, 3.8) is 0 Å². The van der Waals surface area contributed by atoms with Crippen molar-refractivity contribution in [1.29, 1.82) is 0 Å². The Morgan fingerprint density at radius 2 is 2.13 bits per heavy atom. The maximum absolute atomic E-state index is 5.90. The van der Waals surface area contributed by atoms with Gasteiger partial charge in [0.1, 0.15) is 0 Å². The summed E-state index contributed by atoms with van der Waals surface area (Å²) in [6.45, 7) is 5.97. The molecule has 2 aliphatic rings. The van der Waals surface area contributed by atoms with Crippen LogP contribution in [0.2, 0.25) is 0 Å². The summed E-state index contributed by atoms with van der Waals surface area (Å²) in [4.78, 5) is 2.64. The molecule has 0 radical (unpaired) electrons. The molecule has 1 atom stereocenters. The molecule has 0 aromatic rings. The van der Waals surface area contributed by atoms with Crippen molar-refractivity contribution >= 4 is 0 Å². The van der Waals surface area contributed by atoms with E-state index < -0.39 is 0 Å². The van der Waals surface area contributed by atoms with Crippen LogP contribution in [-0.4, -0.2) is 42.8 Å². The Labute approximate surface area is 93.0 Å². The van der Waals surface area contributed by atoms with Crippen LogP contribution in [-0.2, 0) is 4.74 Å². The van der Waals surface area contributed by atoms with Crippen LogP contribution in [0.5, 0.6) is 0 Å². The van der Waals surface area contributed by atoms with E-state index in [0.29, 0.717) is 6.54 Å². The average molecular weight is 212 g/mol. The summed E-state index contributed by atoms with van der Waals surface area (Å²) in [6.07, 6.45) is 6.32. The maximum atomic E-state index is 5.90. The highest BCUT2D eigenvalue weighted by Gasteiger charge is 2.36. The van der Waals surface area contributed by atoms with Gasteiger partial charge in [-0.25, -0.2) is 0 Å². The van der Waals surface area contributed by atoms with E-state index in [9.17, 15) is 0 Å². The lowest BCUT2D eigenvalue weighted by molar-refractivity contribution is -0.0423. The first kappa shape index (κ1) is 11.4. The molecule has 3 nitrogen and oxygen atoms in total. The molecule has 0 bridgehead atoms. The fourth-order valence-electron chi connectivity index (χ4n) is 2.71. The molecule has 1 unspecified atom stereocenters. The summed E-state index contributed by atoms with van der Waals surface area (Å²) in [5.41, 5.74) is 5.87. The third-order valence-electron chi connectivity index (χ3n) is 3.82. The van der Waals surface area contributed by atoms with Gasteiger partial charge in [0.15, 0.2) is 0 Å². The molecular formula is C12H24N2O. The van der Waals surface area contributed by atoms with E-state index in [1.165, 1.54) is 32.4 Å². The molecule has 2 N–H and O–H groups in total. The quantitative estimate of drug-likeness (QED) is 0.765. The Kier molecular flexibility index (Phi) is 3.65. The molecule has 1 aliphatic carbocycles. The minimum Gasteiger partial charge on any atom is -0.374 e. The number of nitrogens with two attached hydrogens (primary N) is 1. The molecule has 1 saturated carbocycles. The van der Waals surface area contributed by atoms with E-state index in [1.807, 2.05) is 0 Å². The fourth-order valence-corrected chi connectivity index (χ4v) is 2.71. The van der Waals surface area contributed by atoms with Gasteiger partial charge in [-0.05, 0) is 45.6 Å². The Hall–Kier alpha value is -0.120. The van der Waals surface area contributed by atoms with E-state index in [-0.39, 0.29) is 5.60 Å². The number of hydrogen-bond donors (Lipinski definition) is 1. The third kappa shape index (κ3) is 2.71. The van der Waals surface area contributed by atoms with Gasteiger partial charge in [0.2, 0.25) is 0 Å². The zero-order chi connectivity index (χ0) is 10.7. The lowest BCUT2D eigenvalue weighted by atomic mass is 9.95. The Morgan fingerprint density at radius 3 is 2.73 bits per heavy atom. The van der Waals surface area contributed by atoms with E-state index in [4.69, 9.17) is 10.5 Å². The zero-order valence-electron chi connectivity index (χ0n) is 9.87. The van der Waals surface area contributed by atoms with Crippen molar-refractivity contribution in [2.75, 3.05) is 26.2 Å². The molecular weight excluding hydrogens is 188 g/mol. The normalized spacial score (nSPS) is 34.0. The van der Waals surface area contributed by atoms with Crippen LogP contribution in [0.4, 0.5) is 0 Å². The first-order valence-corrected chi connectivity index (χ1v) is 6.38. The summed E-state index contributed by atoms with van der Waals surface area (Å²) in [5, 5.41) is 0. The second-order valence-corrected chi connectivity index (χ2v) is 4.94. The topological polar surface area (TPSA) is 38.5 Å². The zero-order valence-corrected chi connectivity index (χ0v) is 9.87.